The lowest BCUT2D eigenvalue weighted by Crippen LogP contribution is -1.92. The van der Waals surface area contributed by atoms with Crippen LogP contribution >= 0.6 is 0 Å². The predicted molar refractivity (Wildman–Crippen MR) is 58.8 cm³/mol. The normalized spacial score (nSPS) is 9.53. The van der Waals surface area contributed by atoms with Gasteiger partial charge in [0.15, 0.2) is 0 Å². The second-order valence-corrected chi connectivity index (χ2v) is 3.12. The molecule has 1 aromatic heterocycles. The molecule has 3 heteroatoms. The van der Waals surface area contributed by atoms with E-state index in [1.165, 1.54) is 0 Å². The summed E-state index contributed by atoms with van der Waals surface area (Å²) in [6.07, 6.45) is 3.30. The SMILES string of the molecule is N#Cc1ccccc1-c1cnccc1N. The molecule has 2 aromatic rings. The van der Waals surface area contributed by atoms with Crippen molar-refractivity contribution in [3.05, 3.63) is 48.3 Å². The molecule has 1 heterocycles. The van der Waals surface area contributed by atoms with E-state index in [0.29, 0.717) is 11.3 Å². The van der Waals surface area contributed by atoms with Crippen molar-refractivity contribution in [1.29, 1.82) is 5.26 Å². The Bertz CT molecular complexity index is 526. The number of anilines is 1. The molecule has 0 aliphatic heterocycles. The van der Waals surface area contributed by atoms with Gasteiger partial charge in [-0.2, -0.15) is 5.26 Å². The van der Waals surface area contributed by atoms with Gasteiger partial charge in [0.05, 0.1) is 11.6 Å². The van der Waals surface area contributed by atoms with E-state index in [0.717, 1.165) is 11.1 Å². The Morgan fingerprint density at radius 2 is 1.93 bits per heavy atom. The maximum Gasteiger partial charge on any atom is 0.0998 e. The van der Waals surface area contributed by atoms with Crippen molar-refractivity contribution in [2.24, 2.45) is 0 Å². The van der Waals surface area contributed by atoms with Crippen LogP contribution in [0.15, 0.2) is 42.7 Å². The summed E-state index contributed by atoms with van der Waals surface area (Å²) in [4.78, 5) is 4.01. The number of hydrogen-bond acceptors (Lipinski definition) is 3. The number of nitrogen functional groups attached to an aromatic ring is 1. The third kappa shape index (κ3) is 1.65. The fourth-order valence-electron chi connectivity index (χ4n) is 1.45. The lowest BCUT2D eigenvalue weighted by Gasteiger charge is -2.05. The minimum Gasteiger partial charge on any atom is -0.398 e. The van der Waals surface area contributed by atoms with Crippen molar-refractivity contribution in [2.45, 2.75) is 0 Å². The van der Waals surface area contributed by atoms with E-state index >= 15 is 0 Å². The van der Waals surface area contributed by atoms with E-state index in [-0.39, 0.29) is 0 Å². The van der Waals surface area contributed by atoms with Crippen molar-refractivity contribution in [3.63, 3.8) is 0 Å². The van der Waals surface area contributed by atoms with E-state index in [9.17, 15) is 0 Å². The highest BCUT2D eigenvalue weighted by Crippen LogP contribution is 2.27. The van der Waals surface area contributed by atoms with E-state index in [2.05, 4.69) is 11.1 Å². The number of nitriles is 1. The van der Waals surface area contributed by atoms with E-state index in [1.54, 1.807) is 24.5 Å². The molecule has 0 unspecified atom stereocenters. The molecule has 0 saturated carbocycles. The van der Waals surface area contributed by atoms with E-state index < -0.39 is 0 Å². The second-order valence-electron chi connectivity index (χ2n) is 3.12. The highest BCUT2D eigenvalue weighted by molar-refractivity contribution is 5.79. The zero-order valence-corrected chi connectivity index (χ0v) is 8.01. The first kappa shape index (κ1) is 9.22. The van der Waals surface area contributed by atoms with Crippen LogP contribution in [0.4, 0.5) is 5.69 Å². The Hall–Kier alpha value is -2.34. The first-order valence-corrected chi connectivity index (χ1v) is 4.52. The van der Waals surface area contributed by atoms with Crippen LogP contribution in [-0.4, -0.2) is 4.98 Å². The number of pyridine rings is 1. The molecule has 0 amide bonds. The molecule has 2 N–H and O–H groups in total. The van der Waals surface area contributed by atoms with Crippen LogP contribution in [0.1, 0.15) is 5.56 Å². The zero-order valence-electron chi connectivity index (χ0n) is 8.01. The van der Waals surface area contributed by atoms with Crippen molar-refractivity contribution >= 4 is 5.69 Å². The number of benzene rings is 1. The molecular formula is C12H9N3. The summed E-state index contributed by atoms with van der Waals surface area (Å²) in [5.41, 5.74) is 8.69. The summed E-state index contributed by atoms with van der Waals surface area (Å²) in [7, 11) is 0. The van der Waals surface area contributed by atoms with Gasteiger partial charge in [0.2, 0.25) is 0 Å². The molecule has 0 spiro atoms. The zero-order chi connectivity index (χ0) is 10.7. The minimum atomic E-state index is 0.609. The molecule has 0 aliphatic rings. The maximum absolute atomic E-state index is 8.96. The molecular weight excluding hydrogens is 186 g/mol. The van der Waals surface area contributed by atoms with Gasteiger partial charge in [0, 0.05) is 29.2 Å². The number of rotatable bonds is 1. The molecule has 0 aliphatic carbocycles. The largest absolute Gasteiger partial charge is 0.398 e. The molecule has 0 saturated heterocycles. The molecule has 15 heavy (non-hydrogen) atoms. The number of nitrogens with zero attached hydrogens (tertiary/aromatic N) is 2. The van der Waals surface area contributed by atoms with Gasteiger partial charge in [-0.3, -0.25) is 4.98 Å². The van der Waals surface area contributed by atoms with Gasteiger partial charge in [0.1, 0.15) is 0 Å². The molecule has 3 nitrogen and oxygen atoms in total. The Morgan fingerprint density at radius 3 is 2.67 bits per heavy atom. The third-order valence-electron chi connectivity index (χ3n) is 2.19. The number of aromatic nitrogens is 1. The summed E-state index contributed by atoms with van der Waals surface area (Å²) in [6.45, 7) is 0. The van der Waals surface area contributed by atoms with Gasteiger partial charge in [-0.1, -0.05) is 18.2 Å². The topological polar surface area (TPSA) is 62.7 Å². The van der Waals surface area contributed by atoms with Crippen LogP contribution < -0.4 is 5.73 Å². The first-order chi connectivity index (χ1) is 7.33. The summed E-state index contributed by atoms with van der Waals surface area (Å²) >= 11 is 0. The van der Waals surface area contributed by atoms with Crippen LogP contribution in [0.25, 0.3) is 11.1 Å². The smallest absolute Gasteiger partial charge is 0.0998 e. The average Bonchev–Trinajstić information content (AvgIpc) is 2.30. The quantitative estimate of drug-likeness (QED) is 0.758. The first-order valence-electron chi connectivity index (χ1n) is 4.52. The van der Waals surface area contributed by atoms with Gasteiger partial charge in [-0.15, -0.1) is 0 Å². The molecule has 0 atom stereocenters. The second kappa shape index (κ2) is 3.81. The van der Waals surface area contributed by atoms with Gasteiger partial charge in [-0.05, 0) is 12.1 Å². The lowest BCUT2D eigenvalue weighted by molar-refractivity contribution is 1.33. The summed E-state index contributed by atoms with van der Waals surface area (Å²) in [5.74, 6) is 0. The van der Waals surface area contributed by atoms with Gasteiger partial charge in [0.25, 0.3) is 0 Å². The summed E-state index contributed by atoms with van der Waals surface area (Å²) in [6, 6.07) is 11.2. The van der Waals surface area contributed by atoms with Crippen LogP contribution in [0, 0.1) is 11.3 Å². The molecule has 72 valence electrons. The molecule has 0 radical (unpaired) electrons. The summed E-state index contributed by atoms with van der Waals surface area (Å²) < 4.78 is 0. The van der Waals surface area contributed by atoms with Crippen LogP contribution in [0.5, 0.6) is 0 Å². The van der Waals surface area contributed by atoms with Crippen molar-refractivity contribution < 1.29 is 0 Å². The molecule has 2 rings (SSSR count). The summed E-state index contributed by atoms with van der Waals surface area (Å²) in [5, 5.41) is 8.96. The highest BCUT2D eigenvalue weighted by Gasteiger charge is 2.06. The highest BCUT2D eigenvalue weighted by atomic mass is 14.7. The van der Waals surface area contributed by atoms with Crippen molar-refractivity contribution in [3.8, 4) is 17.2 Å². The molecule has 0 fully saturated rings. The fourth-order valence-corrected chi connectivity index (χ4v) is 1.45. The number of nitrogens with two attached hydrogens (primary N) is 1. The Morgan fingerprint density at radius 1 is 1.13 bits per heavy atom. The third-order valence-corrected chi connectivity index (χ3v) is 2.19. The average molecular weight is 195 g/mol. The molecule has 0 bridgehead atoms. The van der Waals surface area contributed by atoms with Gasteiger partial charge >= 0.3 is 0 Å². The minimum absolute atomic E-state index is 0.609. The standard InChI is InChI=1S/C12H9N3/c13-7-9-3-1-2-4-10(9)11-8-15-6-5-12(11)14/h1-6,8H,(H2,14,15). The Labute approximate surface area is 87.8 Å². The van der Waals surface area contributed by atoms with Crippen molar-refractivity contribution in [2.75, 3.05) is 5.73 Å². The predicted octanol–water partition coefficient (Wildman–Crippen LogP) is 2.20. The van der Waals surface area contributed by atoms with Crippen LogP contribution in [-0.2, 0) is 0 Å². The van der Waals surface area contributed by atoms with E-state index in [1.807, 2.05) is 18.2 Å². The van der Waals surface area contributed by atoms with E-state index in [4.69, 9.17) is 11.0 Å². The van der Waals surface area contributed by atoms with Gasteiger partial charge < -0.3 is 5.73 Å². The van der Waals surface area contributed by atoms with Crippen molar-refractivity contribution in [1.82, 2.24) is 4.98 Å². The fraction of sp³-hybridized carbons (Fsp3) is 0. The molecule has 1 aromatic carbocycles. The Balaban J connectivity index is 2.65. The van der Waals surface area contributed by atoms with Crippen LogP contribution in [0.3, 0.4) is 0 Å². The van der Waals surface area contributed by atoms with Crippen LogP contribution in [0.2, 0.25) is 0 Å². The monoisotopic (exact) mass is 195 g/mol. The number of hydrogen-bond donors (Lipinski definition) is 1. The van der Waals surface area contributed by atoms with Gasteiger partial charge in [-0.25, -0.2) is 0 Å². The Kier molecular flexibility index (Phi) is 2.34. The lowest BCUT2D eigenvalue weighted by atomic mass is 10.0. The maximum atomic E-state index is 8.96.